The minimum atomic E-state index is -0.409. The zero-order valence-electron chi connectivity index (χ0n) is 11.7. The van der Waals surface area contributed by atoms with Crippen LogP contribution in [0.1, 0.15) is 12.5 Å². The number of carbonyl (C=O) groups excluding carboxylic acids is 2. The molecule has 0 aliphatic rings. The molecule has 3 N–H and O–H groups in total. The van der Waals surface area contributed by atoms with Gasteiger partial charge < -0.3 is 10.6 Å². The van der Waals surface area contributed by atoms with Crippen molar-refractivity contribution in [2.45, 2.75) is 13.8 Å². The molecule has 7 heteroatoms. The summed E-state index contributed by atoms with van der Waals surface area (Å²) in [5, 5.41) is 11.4. The van der Waals surface area contributed by atoms with Gasteiger partial charge in [-0.1, -0.05) is 11.6 Å². The number of aromatic amines is 1. The molecule has 0 saturated heterocycles. The van der Waals surface area contributed by atoms with Gasteiger partial charge in [-0.3, -0.25) is 14.7 Å². The molecule has 1 heterocycles. The van der Waals surface area contributed by atoms with Gasteiger partial charge in [0.1, 0.15) is 5.82 Å². The number of anilines is 1. The molecule has 110 valence electrons. The van der Waals surface area contributed by atoms with Gasteiger partial charge >= 0.3 is 0 Å². The van der Waals surface area contributed by atoms with Crippen molar-refractivity contribution in [2.75, 3.05) is 11.9 Å². The van der Waals surface area contributed by atoms with E-state index >= 15 is 0 Å². The second-order valence-corrected chi connectivity index (χ2v) is 4.61. The van der Waals surface area contributed by atoms with Crippen LogP contribution in [0.2, 0.25) is 0 Å². The van der Waals surface area contributed by atoms with Gasteiger partial charge in [-0.25, -0.2) is 4.39 Å². The number of benzene rings is 1. The Bertz CT molecular complexity index is 681. The molecule has 0 aliphatic heterocycles. The third-order valence-electron chi connectivity index (χ3n) is 2.76. The Morgan fingerprint density at radius 3 is 2.81 bits per heavy atom. The summed E-state index contributed by atoms with van der Waals surface area (Å²) in [5.41, 5.74) is 1.76. The Kier molecular flexibility index (Phi) is 4.32. The third kappa shape index (κ3) is 3.88. The third-order valence-corrected chi connectivity index (χ3v) is 2.76. The van der Waals surface area contributed by atoms with Crippen LogP contribution in [0.3, 0.4) is 0 Å². The van der Waals surface area contributed by atoms with Crippen molar-refractivity contribution in [3.8, 4) is 11.3 Å². The fraction of sp³-hybridized carbons (Fsp3) is 0.214. The molecule has 0 fully saturated rings. The number of halogens is 1. The van der Waals surface area contributed by atoms with Gasteiger partial charge in [0.05, 0.1) is 12.2 Å². The van der Waals surface area contributed by atoms with Crippen LogP contribution >= 0.6 is 0 Å². The van der Waals surface area contributed by atoms with Gasteiger partial charge in [-0.05, 0) is 19.1 Å². The Hall–Kier alpha value is -2.70. The standard InChI is InChI=1S/C14H15FN4O2/c1-8-3-4-11(15)10(5-8)12-6-13(19-18-12)17-14(21)7-16-9(2)20/h3-6H,7H2,1-2H3,(H,16,20)(H2,17,18,19,21). The lowest BCUT2D eigenvalue weighted by atomic mass is 10.1. The Morgan fingerprint density at radius 1 is 1.33 bits per heavy atom. The van der Waals surface area contributed by atoms with Crippen LogP contribution in [0.25, 0.3) is 11.3 Å². The number of amides is 2. The zero-order chi connectivity index (χ0) is 15.4. The van der Waals surface area contributed by atoms with Crippen LogP contribution in [-0.4, -0.2) is 28.6 Å². The second kappa shape index (κ2) is 6.17. The molecule has 0 aliphatic carbocycles. The summed E-state index contributed by atoms with van der Waals surface area (Å²) >= 11 is 0. The lowest BCUT2D eigenvalue weighted by molar-refractivity contribution is -0.122. The maximum atomic E-state index is 13.8. The number of H-pyrrole nitrogens is 1. The van der Waals surface area contributed by atoms with E-state index in [1.165, 1.54) is 19.1 Å². The minimum absolute atomic E-state index is 0.143. The molecule has 2 rings (SSSR count). The summed E-state index contributed by atoms with van der Waals surface area (Å²) in [6.07, 6.45) is 0. The highest BCUT2D eigenvalue weighted by molar-refractivity contribution is 5.93. The van der Waals surface area contributed by atoms with Crippen molar-refractivity contribution < 1.29 is 14.0 Å². The number of rotatable bonds is 4. The Balaban J connectivity index is 2.09. The van der Waals surface area contributed by atoms with E-state index in [0.717, 1.165) is 5.56 Å². The molecular formula is C14H15FN4O2. The molecule has 0 spiro atoms. The van der Waals surface area contributed by atoms with Crippen molar-refractivity contribution in [3.05, 3.63) is 35.6 Å². The number of hydrogen-bond acceptors (Lipinski definition) is 3. The van der Waals surface area contributed by atoms with E-state index in [9.17, 15) is 14.0 Å². The Labute approximate surface area is 120 Å². The SMILES string of the molecule is CC(=O)NCC(=O)Nc1cc(-c2cc(C)ccc2F)[nH]n1. The molecule has 0 radical (unpaired) electrons. The summed E-state index contributed by atoms with van der Waals surface area (Å²) in [4.78, 5) is 22.2. The molecule has 1 aromatic heterocycles. The number of hydrogen-bond donors (Lipinski definition) is 3. The van der Waals surface area contributed by atoms with E-state index < -0.39 is 5.91 Å². The van der Waals surface area contributed by atoms with E-state index in [0.29, 0.717) is 11.3 Å². The van der Waals surface area contributed by atoms with Gasteiger partial charge in [0.25, 0.3) is 0 Å². The fourth-order valence-electron chi connectivity index (χ4n) is 1.76. The fourth-order valence-corrected chi connectivity index (χ4v) is 1.76. The summed E-state index contributed by atoms with van der Waals surface area (Å²) < 4.78 is 13.8. The van der Waals surface area contributed by atoms with Crippen LogP contribution in [0.15, 0.2) is 24.3 Å². The average Bonchev–Trinajstić information content (AvgIpc) is 2.87. The normalized spacial score (nSPS) is 10.2. The number of nitrogens with one attached hydrogen (secondary N) is 3. The van der Waals surface area contributed by atoms with E-state index in [2.05, 4.69) is 20.8 Å². The summed E-state index contributed by atoms with van der Waals surface area (Å²) in [6, 6.07) is 6.27. The van der Waals surface area contributed by atoms with Crippen LogP contribution in [0.5, 0.6) is 0 Å². The number of aromatic nitrogens is 2. The first-order valence-corrected chi connectivity index (χ1v) is 6.32. The van der Waals surface area contributed by atoms with Crippen LogP contribution < -0.4 is 10.6 Å². The van der Waals surface area contributed by atoms with Gasteiger partial charge in [0.15, 0.2) is 5.82 Å². The first-order valence-electron chi connectivity index (χ1n) is 6.32. The Morgan fingerprint density at radius 2 is 2.10 bits per heavy atom. The van der Waals surface area contributed by atoms with Gasteiger partial charge in [0.2, 0.25) is 11.8 Å². The molecule has 21 heavy (non-hydrogen) atoms. The molecule has 0 bridgehead atoms. The molecular weight excluding hydrogens is 275 g/mol. The predicted octanol–water partition coefficient (Wildman–Crippen LogP) is 1.60. The highest BCUT2D eigenvalue weighted by Gasteiger charge is 2.11. The maximum Gasteiger partial charge on any atom is 0.244 e. The summed E-state index contributed by atoms with van der Waals surface area (Å²) in [7, 11) is 0. The van der Waals surface area contributed by atoms with Crippen LogP contribution in [0, 0.1) is 12.7 Å². The van der Waals surface area contributed by atoms with Gasteiger partial charge in [-0.2, -0.15) is 5.10 Å². The van der Waals surface area contributed by atoms with Crippen molar-refractivity contribution in [3.63, 3.8) is 0 Å². The van der Waals surface area contributed by atoms with E-state index in [1.807, 2.05) is 6.92 Å². The second-order valence-electron chi connectivity index (χ2n) is 4.61. The predicted molar refractivity (Wildman–Crippen MR) is 76.0 cm³/mol. The highest BCUT2D eigenvalue weighted by Crippen LogP contribution is 2.23. The number of carbonyl (C=O) groups is 2. The molecule has 0 unspecified atom stereocenters. The first kappa shape index (κ1) is 14.7. The van der Waals surface area contributed by atoms with E-state index in [-0.39, 0.29) is 24.1 Å². The molecule has 6 nitrogen and oxygen atoms in total. The molecule has 1 aromatic carbocycles. The highest BCUT2D eigenvalue weighted by atomic mass is 19.1. The van der Waals surface area contributed by atoms with Crippen molar-refractivity contribution in [1.82, 2.24) is 15.5 Å². The summed E-state index contributed by atoms with van der Waals surface area (Å²) in [6.45, 7) is 3.03. The van der Waals surface area contributed by atoms with Crippen LogP contribution in [-0.2, 0) is 9.59 Å². The first-order chi connectivity index (χ1) is 9.95. The number of aryl methyl sites for hydroxylation is 1. The molecule has 0 atom stereocenters. The molecule has 0 saturated carbocycles. The topological polar surface area (TPSA) is 86.9 Å². The van der Waals surface area contributed by atoms with Crippen molar-refractivity contribution in [1.29, 1.82) is 0 Å². The zero-order valence-corrected chi connectivity index (χ0v) is 11.7. The quantitative estimate of drug-likeness (QED) is 0.799. The maximum absolute atomic E-state index is 13.8. The molecule has 2 aromatic rings. The number of nitrogens with zero attached hydrogens (tertiary/aromatic N) is 1. The van der Waals surface area contributed by atoms with Crippen molar-refractivity contribution >= 4 is 17.6 Å². The molecule has 2 amide bonds. The van der Waals surface area contributed by atoms with Gasteiger partial charge in [-0.15, -0.1) is 0 Å². The van der Waals surface area contributed by atoms with Crippen molar-refractivity contribution in [2.24, 2.45) is 0 Å². The van der Waals surface area contributed by atoms with E-state index in [4.69, 9.17) is 0 Å². The minimum Gasteiger partial charge on any atom is -0.347 e. The monoisotopic (exact) mass is 290 g/mol. The van der Waals surface area contributed by atoms with Gasteiger partial charge in [0, 0.05) is 18.6 Å². The largest absolute Gasteiger partial charge is 0.347 e. The van der Waals surface area contributed by atoms with Crippen LogP contribution in [0.4, 0.5) is 10.2 Å². The smallest absolute Gasteiger partial charge is 0.244 e. The average molecular weight is 290 g/mol. The van der Waals surface area contributed by atoms with E-state index in [1.54, 1.807) is 12.1 Å². The lowest BCUT2D eigenvalue weighted by Gasteiger charge is -2.02. The summed E-state index contributed by atoms with van der Waals surface area (Å²) in [5.74, 6) is -0.815. The lowest BCUT2D eigenvalue weighted by Crippen LogP contribution is -2.31.